The molecule has 2 aromatic rings. The maximum Gasteiger partial charge on any atom is 0.308 e. The van der Waals surface area contributed by atoms with Crippen LogP contribution in [0.5, 0.6) is 5.75 Å². The van der Waals surface area contributed by atoms with Crippen molar-refractivity contribution in [1.82, 2.24) is 9.97 Å². The van der Waals surface area contributed by atoms with Crippen molar-refractivity contribution in [2.24, 2.45) is 0 Å². The molecular weight excluding hydrogens is 362 g/mol. The second-order valence-electron chi connectivity index (χ2n) is 6.08. The van der Waals surface area contributed by atoms with Crippen LogP contribution in [-0.2, 0) is 10.2 Å². The topological polar surface area (TPSA) is 84.1 Å². The Balaban J connectivity index is 2.25. The van der Waals surface area contributed by atoms with E-state index in [1.807, 2.05) is 20.8 Å². The third-order valence-corrected chi connectivity index (χ3v) is 3.55. The molecule has 1 amide bonds. The first-order valence-electron chi connectivity index (χ1n) is 7.01. The van der Waals surface area contributed by atoms with E-state index in [0.29, 0.717) is 10.4 Å². The molecule has 0 spiro atoms. The number of halogens is 1. The van der Waals surface area contributed by atoms with Gasteiger partial charge in [-0.25, -0.2) is 4.98 Å². The number of nitrogens with zero attached hydrogens (tertiary/aromatic N) is 1. The average molecular weight is 380 g/mol. The number of hydrogen-bond acceptors (Lipinski definition) is 4. The second kappa shape index (κ2) is 6.54. The minimum atomic E-state index is -0.491. The lowest BCUT2D eigenvalue weighted by Gasteiger charge is -2.15. The van der Waals surface area contributed by atoms with E-state index in [9.17, 15) is 9.59 Å². The highest BCUT2D eigenvalue weighted by Gasteiger charge is 2.19. The zero-order valence-electron chi connectivity index (χ0n) is 13.4. The molecule has 0 unspecified atom stereocenters. The molecule has 23 heavy (non-hydrogen) atoms. The molecule has 0 saturated heterocycles. The summed E-state index contributed by atoms with van der Waals surface area (Å²) in [6.45, 7) is 7.41. The van der Waals surface area contributed by atoms with Gasteiger partial charge in [-0.15, -0.1) is 0 Å². The second-order valence-corrected chi connectivity index (χ2v) is 7.00. The van der Waals surface area contributed by atoms with E-state index < -0.39 is 11.9 Å². The van der Waals surface area contributed by atoms with Gasteiger partial charge in [-0.1, -0.05) is 36.7 Å². The van der Waals surface area contributed by atoms with Crippen LogP contribution >= 0.6 is 15.9 Å². The van der Waals surface area contributed by atoms with Crippen LogP contribution in [0.15, 0.2) is 28.9 Å². The molecule has 1 aromatic heterocycles. The van der Waals surface area contributed by atoms with Gasteiger partial charge in [0.05, 0.1) is 11.8 Å². The van der Waals surface area contributed by atoms with E-state index in [2.05, 4.69) is 31.2 Å². The first-order valence-corrected chi connectivity index (χ1v) is 7.81. The summed E-state index contributed by atoms with van der Waals surface area (Å²) in [7, 11) is 0. The van der Waals surface area contributed by atoms with Crippen molar-refractivity contribution in [2.75, 3.05) is 5.32 Å². The highest BCUT2D eigenvalue weighted by Crippen LogP contribution is 2.25. The van der Waals surface area contributed by atoms with E-state index in [0.717, 1.165) is 5.69 Å². The molecule has 0 radical (unpaired) electrons. The molecule has 0 aliphatic carbocycles. The first kappa shape index (κ1) is 17.2. The minimum absolute atomic E-state index is 0.103. The number of nitrogens with one attached hydrogen (secondary N) is 2. The molecule has 1 heterocycles. The highest BCUT2D eigenvalue weighted by molar-refractivity contribution is 9.10. The Labute approximate surface area is 142 Å². The SMILES string of the molecule is CC(=O)Oc1ccc(Br)cc1C(=O)Nc1ncc(C(C)(C)C)[nH]1. The molecule has 2 rings (SSSR count). The maximum absolute atomic E-state index is 12.4. The van der Waals surface area contributed by atoms with Crippen LogP contribution in [0.1, 0.15) is 43.7 Å². The smallest absolute Gasteiger partial charge is 0.308 e. The number of carbonyl (C=O) groups is 2. The van der Waals surface area contributed by atoms with Gasteiger partial charge in [0.25, 0.3) is 5.91 Å². The van der Waals surface area contributed by atoms with E-state index >= 15 is 0 Å². The monoisotopic (exact) mass is 379 g/mol. The standard InChI is InChI=1S/C16H18BrN3O3/c1-9(21)23-12-6-5-10(17)7-11(12)14(22)20-15-18-8-13(19-15)16(2,3)4/h5-8H,1-4H3,(H2,18,19,20,22). The van der Waals surface area contributed by atoms with Crippen molar-refractivity contribution >= 4 is 33.8 Å². The van der Waals surface area contributed by atoms with Gasteiger partial charge in [-0.2, -0.15) is 0 Å². The lowest BCUT2D eigenvalue weighted by Crippen LogP contribution is -2.16. The number of carbonyl (C=O) groups excluding carboxylic acids is 2. The predicted octanol–water partition coefficient (Wildman–Crippen LogP) is 3.65. The summed E-state index contributed by atoms with van der Waals surface area (Å²) in [4.78, 5) is 30.8. The Morgan fingerprint density at radius 3 is 2.57 bits per heavy atom. The number of aromatic nitrogens is 2. The van der Waals surface area contributed by atoms with Crippen LogP contribution in [0.2, 0.25) is 0 Å². The Morgan fingerprint density at radius 1 is 1.30 bits per heavy atom. The van der Waals surface area contributed by atoms with Gasteiger partial charge in [-0.05, 0) is 18.2 Å². The van der Waals surface area contributed by atoms with Crippen molar-refractivity contribution in [2.45, 2.75) is 33.1 Å². The van der Waals surface area contributed by atoms with Gasteiger partial charge in [0.1, 0.15) is 5.75 Å². The predicted molar refractivity (Wildman–Crippen MR) is 90.7 cm³/mol. The van der Waals surface area contributed by atoms with Crippen molar-refractivity contribution < 1.29 is 14.3 Å². The molecule has 0 fully saturated rings. The number of hydrogen-bond donors (Lipinski definition) is 2. The van der Waals surface area contributed by atoms with Gasteiger partial charge in [0, 0.05) is 22.5 Å². The molecule has 0 aliphatic rings. The van der Waals surface area contributed by atoms with E-state index in [1.165, 1.54) is 6.92 Å². The van der Waals surface area contributed by atoms with Crippen LogP contribution in [0.4, 0.5) is 5.95 Å². The summed E-state index contributed by atoms with van der Waals surface area (Å²) in [5.41, 5.74) is 1.04. The summed E-state index contributed by atoms with van der Waals surface area (Å²) in [6, 6.07) is 4.84. The number of imidazole rings is 1. The quantitative estimate of drug-likeness (QED) is 0.629. The lowest BCUT2D eigenvalue weighted by atomic mass is 9.93. The third-order valence-electron chi connectivity index (χ3n) is 3.06. The van der Waals surface area contributed by atoms with E-state index in [-0.39, 0.29) is 16.7 Å². The number of aromatic amines is 1. The molecule has 0 atom stereocenters. The van der Waals surface area contributed by atoms with Crippen LogP contribution in [0.3, 0.4) is 0 Å². The molecule has 7 heteroatoms. The molecule has 2 N–H and O–H groups in total. The number of anilines is 1. The van der Waals surface area contributed by atoms with Crippen LogP contribution in [0.25, 0.3) is 0 Å². The summed E-state index contributed by atoms with van der Waals surface area (Å²) >= 11 is 3.30. The van der Waals surface area contributed by atoms with Crippen molar-refractivity contribution in [1.29, 1.82) is 0 Å². The van der Waals surface area contributed by atoms with E-state index in [1.54, 1.807) is 24.4 Å². The van der Waals surface area contributed by atoms with Gasteiger partial charge >= 0.3 is 5.97 Å². The normalized spacial score (nSPS) is 11.2. The molecule has 0 saturated carbocycles. The zero-order chi connectivity index (χ0) is 17.2. The van der Waals surface area contributed by atoms with Crippen LogP contribution in [0, 0.1) is 0 Å². The summed E-state index contributed by atoms with van der Waals surface area (Å²) in [5, 5.41) is 2.67. The molecule has 6 nitrogen and oxygen atoms in total. The molecule has 122 valence electrons. The fraction of sp³-hybridized carbons (Fsp3) is 0.312. The van der Waals surface area contributed by atoms with Crippen LogP contribution < -0.4 is 10.1 Å². The molecule has 0 aliphatic heterocycles. The fourth-order valence-electron chi connectivity index (χ4n) is 1.86. The molecule has 0 bridgehead atoms. The van der Waals surface area contributed by atoms with Crippen LogP contribution in [-0.4, -0.2) is 21.8 Å². The number of amides is 1. The Kier molecular flexibility index (Phi) is 4.89. The number of ether oxygens (including phenoxy) is 1. The lowest BCUT2D eigenvalue weighted by molar-refractivity contribution is -0.131. The average Bonchev–Trinajstić information content (AvgIpc) is 2.88. The van der Waals surface area contributed by atoms with Gasteiger partial charge in [0.2, 0.25) is 5.95 Å². The maximum atomic E-state index is 12.4. The van der Waals surface area contributed by atoms with Gasteiger partial charge in [-0.3, -0.25) is 14.9 Å². The van der Waals surface area contributed by atoms with Crippen molar-refractivity contribution in [3.8, 4) is 5.75 Å². The Morgan fingerprint density at radius 2 is 2.00 bits per heavy atom. The minimum Gasteiger partial charge on any atom is -0.426 e. The highest BCUT2D eigenvalue weighted by atomic mass is 79.9. The largest absolute Gasteiger partial charge is 0.426 e. The zero-order valence-corrected chi connectivity index (χ0v) is 14.9. The summed E-state index contributed by atoms with van der Waals surface area (Å²) in [6.07, 6.45) is 1.68. The molecule has 1 aromatic carbocycles. The fourth-order valence-corrected chi connectivity index (χ4v) is 2.23. The Hall–Kier alpha value is -2.15. The third kappa shape index (κ3) is 4.41. The number of benzene rings is 1. The van der Waals surface area contributed by atoms with Gasteiger partial charge in [0.15, 0.2) is 0 Å². The van der Waals surface area contributed by atoms with E-state index in [4.69, 9.17) is 4.74 Å². The number of rotatable bonds is 3. The molecular formula is C16H18BrN3O3. The van der Waals surface area contributed by atoms with Crippen molar-refractivity contribution in [3.05, 3.63) is 40.1 Å². The first-order chi connectivity index (χ1) is 10.7. The summed E-state index contributed by atoms with van der Waals surface area (Å²) < 4.78 is 5.77. The van der Waals surface area contributed by atoms with Crippen molar-refractivity contribution in [3.63, 3.8) is 0 Å². The summed E-state index contributed by atoms with van der Waals surface area (Å²) in [5.74, 6) is -0.374. The number of esters is 1. The van der Waals surface area contributed by atoms with Gasteiger partial charge < -0.3 is 9.72 Å². The number of H-pyrrole nitrogens is 1. The Bertz CT molecular complexity index is 747.